The smallest absolute Gasteiger partial charge is 0.253 e. The van der Waals surface area contributed by atoms with Crippen molar-refractivity contribution in [2.24, 2.45) is 5.92 Å². The van der Waals surface area contributed by atoms with E-state index in [0.717, 1.165) is 43.7 Å². The first-order chi connectivity index (χ1) is 12.3. The second-order valence-electron chi connectivity index (χ2n) is 6.31. The standard InChI is InChI=1S/C18H19N5OS/c24-18(15-1-6-19-7-2-15)22-8-3-14(4-9-22)11-23-12-17(20-21-23)16-5-10-25-13-16/h1-2,5-7,10,12-14H,3-4,8-9,11H2. The van der Waals surface area contributed by atoms with E-state index in [-0.39, 0.29) is 5.91 Å². The lowest BCUT2D eigenvalue weighted by molar-refractivity contribution is 0.0681. The molecule has 25 heavy (non-hydrogen) atoms. The Bertz CT molecular complexity index is 822. The van der Waals surface area contributed by atoms with Crippen LogP contribution in [0.3, 0.4) is 0 Å². The number of amides is 1. The zero-order valence-corrected chi connectivity index (χ0v) is 14.6. The first-order valence-electron chi connectivity index (χ1n) is 8.41. The van der Waals surface area contributed by atoms with E-state index in [1.54, 1.807) is 35.9 Å². The van der Waals surface area contributed by atoms with Crippen molar-refractivity contribution in [1.29, 1.82) is 0 Å². The fourth-order valence-electron chi connectivity index (χ4n) is 3.19. The summed E-state index contributed by atoms with van der Waals surface area (Å²) in [5.74, 6) is 0.625. The zero-order valence-electron chi connectivity index (χ0n) is 13.8. The van der Waals surface area contributed by atoms with Crippen LogP contribution in [0.2, 0.25) is 0 Å². The molecule has 1 amide bonds. The van der Waals surface area contributed by atoms with E-state index >= 15 is 0 Å². The summed E-state index contributed by atoms with van der Waals surface area (Å²) in [7, 11) is 0. The van der Waals surface area contributed by atoms with Crippen molar-refractivity contribution in [1.82, 2.24) is 24.9 Å². The maximum Gasteiger partial charge on any atom is 0.253 e. The van der Waals surface area contributed by atoms with Gasteiger partial charge in [-0.05, 0) is 42.3 Å². The van der Waals surface area contributed by atoms with E-state index in [1.165, 1.54) is 0 Å². The average molecular weight is 353 g/mol. The van der Waals surface area contributed by atoms with Gasteiger partial charge in [-0.25, -0.2) is 0 Å². The molecule has 3 aromatic rings. The minimum absolute atomic E-state index is 0.0985. The number of hydrogen-bond donors (Lipinski definition) is 0. The molecule has 1 fully saturated rings. The number of likely N-dealkylation sites (tertiary alicyclic amines) is 1. The van der Waals surface area contributed by atoms with Gasteiger partial charge in [0.15, 0.2) is 0 Å². The Morgan fingerprint density at radius 2 is 2.00 bits per heavy atom. The van der Waals surface area contributed by atoms with Crippen LogP contribution in [0.15, 0.2) is 47.5 Å². The number of carbonyl (C=O) groups excluding carboxylic acids is 1. The summed E-state index contributed by atoms with van der Waals surface area (Å²) in [5.41, 5.74) is 2.76. The summed E-state index contributed by atoms with van der Waals surface area (Å²) in [6, 6.07) is 5.60. The van der Waals surface area contributed by atoms with Gasteiger partial charge in [-0.1, -0.05) is 5.21 Å². The third-order valence-corrected chi connectivity index (χ3v) is 5.31. The second kappa shape index (κ2) is 7.14. The van der Waals surface area contributed by atoms with Crippen molar-refractivity contribution in [2.45, 2.75) is 19.4 Å². The molecule has 0 N–H and O–H groups in total. The lowest BCUT2D eigenvalue weighted by atomic mass is 9.96. The number of rotatable bonds is 4. The van der Waals surface area contributed by atoms with Gasteiger partial charge < -0.3 is 4.90 Å². The van der Waals surface area contributed by atoms with Crippen LogP contribution in [-0.4, -0.2) is 43.9 Å². The van der Waals surface area contributed by atoms with Crippen LogP contribution in [0.5, 0.6) is 0 Å². The third-order valence-electron chi connectivity index (χ3n) is 4.63. The molecule has 0 radical (unpaired) electrons. The molecule has 1 aliphatic rings. The number of hydrogen-bond acceptors (Lipinski definition) is 5. The molecule has 0 saturated carbocycles. The summed E-state index contributed by atoms with van der Waals surface area (Å²) in [4.78, 5) is 18.4. The van der Waals surface area contributed by atoms with Crippen molar-refractivity contribution in [3.63, 3.8) is 0 Å². The molecule has 1 aliphatic heterocycles. The topological polar surface area (TPSA) is 63.9 Å². The highest BCUT2D eigenvalue weighted by atomic mass is 32.1. The average Bonchev–Trinajstić information content (AvgIpc) is 3.34. The highest BCUT2D eigenvalue weighted by molar-refractivity contribution is 7.08. The molecule has 0 aromatic carbocycles. The van der Waals surface area contributed by atoms with Gasteiger partial charge in [-0.15, -0.1) is 5.10 Å². The van der Waals surface area contributed by atoms with Gasteiger partial charge in [0.1, 0.15) is 5.69 Å². The maximum absolute atomic E-state index is 12.5. The molecule has 4 rings (SSSR count). The van der Waals surface area contributed by atoms with Gasteiger partial charge in [0, 0.05) is 48.5 Å². The third kappa shape index (κ3) is 3.61. The summed E-state index contributed by atoms with van der Waals surface area (Å²) in [6.45, 7) is 2.43. The largest absolute Gasteiger partial charge is 0.339 e. The van der Waals surface area contributed by atoms with Crippen molar-refractivity contribution < 1.29 is 4.79 Å². The van der Waals surface area contributed by atoms with E-state index in [1.807, 2.05) is 21.2 Å². The van der Waals surface area contributed by atoms with Crippen molar-refractivity contribution >= 4 is 17.2 Å². The molecular formula is C18H19N5OS. The number of nitrogens with zero attached hydrogens (tertiary/aromatic N) is 5. The predicted molar refractivity (Wildman–Crippen MR) is 96.2 cm³/mol. The summed E-state index contributed by atoms with van der Waals surface area (Å²) >= 11 is 1.66. The zero-order chi connectivity index (χ0) is 17.1. The van der Waals surface area contributed by atoms with E-state index in [9.17, 15) is 4.79 Å². The van der Waals surface area contributed by atoms with Crippen LogP contribution in [0.1, 0.15) is 23.2 Å². The fourth-order valence-corrected chi connectivity index (χ4v) is 3.84. The van der Waals surface area contributed by atoms with E-state index in [4.69, 9.17) is 0 Å². The number of pyridine rings is 1. The fraction of sp³-hybridized carbons (Fsp3) is 0.333. The van der Waals surface area contributed by atoms with Gasteiger partial charge in [0.25, 0.3) is 5.91 Å². The number of carbonyl (C=O) groups is 1. The molecular weight excluding hydrogens is 334 g/mol. The van der Waals surface area contributed by atoms with Gasteiger partial charge in [0.05, 0.1) is 6.20 Å². The lowest BCUT2D eigenvalue weighted by Crippen LogP contribution is -2.39. The highest BCUT2D eigenvalue weighted by Crippen LogP contribution is 2.22. The van der Waals surface area contributed by atoms with Gasteiger partial charge in [0.2, 0.25) is 0 Å². The minimum Gasteiger partial charge on any atom is -0.339 e. The Morgan fingerprint density at radius 3 is 2.72 bits per heavy atom. The SMILES string of the molecule is O=C(c1ccncc1)N1CCC(Cn2cc(-c3ccsc3)nn2)CC1. The van der Waals surface area contributed by atoms with Crippen molar-refractivity contribution in [2.75, 3.05) is 13.1 Å². The number of piperidine rings is 1. The summed E-state index contributed by atoms with van der Waals surface area (Å²) in [6.07, 6.45) is 7.32. The summed E-state index contributed by atoms with van der Waals surface area (Å²) < 4.78 is 1.93. The molecule has 1 saturated heterocycles. The van der Waals surface area contributed by atoms with Crippen LogP contribution in [0, 0.1) is 5.92 Å². The van der Waals surface area contributed by atoms with Gasteiger partial charge >= 0.3 is 0 Å². The van der Waals surface area contributed by atoms with Gasteiger partial charge in [-0.3, -0.25) is 14.5 Å². The lowest BCUT2D eigenvalue weighted by Gasteiger charge is -2.31. The number of thiophene rings is 1. The Morgan fingerprint density at radius 1 is 1.20 bits per heavy atom. The van der Waals surface area contributed by atoms with Gasteiger partial charge in [-0.2, -0.15) is 11.3 Å². The normalized spacial score (nSPS) is 15.4. The Labute approximate surface area is 150 Å². The quantitative estimate of drug-likeness (QED) is 0.723. The predicted octanol–water partition coefficient (Wildman–Crippen LogP) is 2.95. The van der Waals surface area contributed by atoms with Crippen LogP contribution in [0.4, 0.5) is 0 Å². The molecule has 0 bridgehead atoms. The second-order valence-corrected chi connectivity index (χ2v) is 7.09. The van der Waals surface area contributed by atoms with Crippen molar-refractivity contribution in [3.8, 4) is 11.3 Å². The molecule has 0 unspecified atom stereocenters. The first-order valence-corrected chi connectivity index (χ1v) is 9.36. The maximum atomic E-state index is 12.5. The van der Waals surface area contributed by atoms with E-state index in [2.05, 4.69) is 26.7 Å². The van der Waals surface area contributed by atoms with Crippen LogP contribution in [0.25, 0.3) is 11.3 Å². The molecule has 6 nitrogen and oxygen atoms in total. The molecule has 0 aliphatic carbocycles. The molecule has 7 heteroatoms. The van der Waals surface area contributed by atoms with Crippen LogP contribution in [-0.2, 0) is 6.54 Å². The molecule has 0 atom stereocenters. The molecule has 0 spiro atoms. The number of aromatic nitrogens is 4. The Balaban J connectivity index is 1.33. The highest BCUT2D eigenvalue weighted by Gasteiger charge is 2.24. The molecule has 128 valence electrons. The van der Waals surface area contributed by atoms with E-state index < -0.39 is 0 Å². The molecule has 3 aromatic heterocycles. The van der Waals surface area contributed by atoms with Crippen LogP contribution >= 0.6 is 11.3 Å². The Kier molecular flexibility index (Phi) is 4.56. The van der Waals surface area contributed by atoms with Crippen LogP contribution < -0.4 is 0 Å². The molecule has 4 heterocycles. The summed E-state index contributed by atoms with van der Waals surface area (Å²) in [5, 5.41) is 12.6. The minimum atomic E-state index is 0.0985. The first kappa shape index (κ1) is 16.0. The van der Waals surface area contributed by atoms with E-state index in [0.29, 0.717) is 11.5 Å². The monoisotopic (exact) mass is 353 g/mol. The Hall–Kier alpha value is -2.54. The van der Waals surface area contributed by atoms with Crippen molar-refractivity contribution in [3.05, 3.63) is 53.1 Å².